The monoisotopic (exact) mass is 646 g/mol. The second-order valence-electron chi connectivity index (χ2n) is 12.6. The molecule has 2 N–H and O–H groups in total. The van der Waals surface area contributed by atoms with E-state index in [4.69, 9.17) is 22.3 Å². The van der Waals surface area contributed by atoms with Crippen molar-refractivity contribution in [2.75, 3.05) is 6.61 Å². The van der Waals surface area contributed by atoms with Gasteiger partial charge in [0, 0.05) is 6.42 Å². The molecule has 0 heterocycles. The van der Waals surface area contributed by atoms with Crippen LogP contribution in [0.15, 0.2) is 58.7 Å². The Bertz CT molecular complexity index is 1030. The summed E-state index contributed by atoms with van der Waals surface area (Å²) >= 11 is 0. The van der Waals surface area contributed by atoms with Crippen molar-refractivity contribution in [1.82, 2.24) is 0 Å². The van der Waals surface area contributed by atoms with Crippen molar-refractivity contribution in [2.24, 2.45) is 5.41 Å². The van der Waals surface area contributed by atoms with E-state index in [0.717, 1.165) is 18.4 Å². The minimum Gasteiger partial charge on any atom is -1.00 e. The van der Waals surface area contributed by atoms with E-state index in [1.807, 2.05) is 6.08 Å². The summed E-state index contributed by atoms with van der Waals surface area (Å²) in [6.45, 7) is 13.8. The molecule has 0 aromatic rings. The van der Waals surface area contributed by atoms with E-state index in [2.05, 4.69) is 71.9 Å². The number of esters is 1. The Balaban J connectivity index is -0.00000232. The Morgan fingerprint density at radius 3 is 1.89 bits per heavy atom. The smallest absolute Gasteiger partial charge is 1.00 e. The zero-order valence-corrected chi connectivity index (χ0v) is 31.9. The first kappa shape index (κ1) is 45.2. The Morgan fingerprint density at radius 2 is 1.39 bits per heavy atom. The van der Waals surface area contributed by atoms with Gasteiger partial charge in [-0.3, -0.25) is 13.9 Å². The van der Waals surface area contributed by atoms with Gasteiger partial charge in [-0.05, 0) is 63.5 Å². The minimum atomic E-state index is -4.67. The quantitative estimate of drug-likeness (QED) is 0.0457. The van der Waals surface area contributed by atoms with Crippen LogP contribution in [0, 0.1) is 5.41 Å². The molecule has 1 aliphatic carbocycles. The number of carbonyl (C=O) groups is 1. The van der Waals surface area contributed by atoms with E-state index in [0.29, 0.717) is 13.0 Å². The normalized spacial score (nSPS) is 15.7. The van der Waals surface area contributed by atoms with Gasteiger partial charge in [0.25, 0.3) is 0 Å². The second-order valence-corrected chi connectivity index (χ2v) is 13.5. The van der Waals surface area contributed by atoms with Gasteiger partial charge in [0.2, 0.25) is 0 Å². The summed E-state index contributed by atoms with van der Waals surface area (Å²) in [7, 11) is -4.67. The van der Waals surface area contributed by atoms with Crippen molar-refractivity contribution >= 4 is 16.4 Å². The molecular weight excluding hydrogens is 583 g/mol. The largest absolute Gasteiger partial charge is 1.00 e. The van der Waals surface area contributed by atoms with E-state index in [-0.39, 0.29) is 42.4 Å². The molecule has 0 aliphatic heterocycles. The Kier molecular flexibility index (Phi) is 27.9. The van der Waals surface area contributed by atoms with Crippen molar-refractivity contribution < 1.29 is 58.0 Å². The first-order valence-electron chi connectivity index (χ1n) is 16.5. The maximum Gasteiger partial charge on any atom is 1.00 e. The standard InChI is InChI=1S/C36H60O2.Na.H2O4S.H/c1-7-8-9-10-11-12-13-14-15-16-17-18-19-25-35(37)38-30-28-32(3)23-20-22-31(2)26-27-34-33(4)24-21-29-36(34,5)6;;1-5(2,3)4;/h20,22-23,26-28H,7-19,21,24-25,29-30H2,1-6H3;;(H2,1,2,3,4);/q;+1;;-1/b23-20+,27-26+,31-22+,32-28+;;;. The molecule has 6 nitrogen and oxygen atoms in total. The van der Waals surface area contributed by atoms with Crippen LogP contribution in [0.25, 0.3) is 0 Å². The number of hydrogen-bond donors (Lipinski definition) is 2. The molecule has 0 fully saturated rings. The van der Waals surface area contributed by atoms with Gasteiger partial charge in [-0.2, -0.15) is 8.42 Å². The van der Waals surface area contributed by atoms with E-state index in [1.54, 1.807) is 0 Å². The summed E-state index contributed by atoms with van der Waals surface area (Å²) in [6, 6.07) is 0. The van der Waals surface area contributed by atoms with Crippen LogP contribution in [0.5, 0.6) is 0 Å². The first-order chi connectivity index (χ1) is 20.3. The van der Waals surface area contributed by atoms with Crippen LogP contribution < -0.4 is 29.6 Å². The predicted molar refractivity (Wildman–Crippen MR) is 183 cm³/mol. The molecule has 0 radical (unpaired) electrons. The van der Waals surface area contributed by atoms with Crippen LogP contribution >= 0.6 is 0 Å². The fraction of sp³-hybridized carbons (Fsp3) is 0.694. The van der Waals surface area contributed by atoms with Crippen LogP contribution in [0.4, 0.5) is 0 Å². The van der Waals surface area contributed by atoms with Gasteiger partial charge in [0.15, 0.2) is 0 Å². The summed E-state index contributed by atoms with van der Waals surface area (Å²) in [6.07, 6.45) is 34.3. The van der Waals surface area contributed by atoms with Crippen LogP contribution in [-0.2, 0) is 19.9 Å². The SMILES string of the molecule is CCCCCCCCCCCCCCCC(=O)OC/C=C(C)/C=C/C=C(C)/C=C/C1=C(C)CCCC1(C)C.O=S(=O)(O)O.[H-].[Na+]. The van der Waals surface area contributed by atoms with Crippen molar-refractivity contribution in [3.05, 3.63) is 58.7 Å². The predicted octanol–water partition coefficient (Wildman–Crippen LogP) is 8.01. The molecule has 0 spiro atoms. The molecule has 0 amide bonds. The van der Waals surface area contributed by atoms with Crippen LogP contribution in [0.2, 0.25) is 0 Å². The second kappa shape index (κ2) is 27.2. The average molecular weight is 647 g/mol. The van der Waals surface area contributed by atoms with Crippen molar-refractivity contribution in [2.45, 2.75) is 151 Å². The van der Waals surface area contributed by atoms with Crippen molar-refractivity contribution in [1.29, 1.82) is 0 Å². The van der Waals surface area contributed by atoms with Crippen LogP contribution in [0.3, 0.4) is 0 Å². The molecule has 0 atom stereocenters. The maximum absolute atomic E-state index is 12.0. The Hall–Kier alpha value is -0.960. The Labute approximate surface area is 294 Å². The molecule has 1 aliphatic rings. The molecular formula is C36H63NaO6S. The average Bonchev–Trinajstić information content (AvgIpc) is 2.89. The molecule has 1 rings (SSSR count). The molecule has 44 heavy (non-hydrogen) atoms. The minimum absolute atomic E-state index is 0. The molecule has 0 bridgehead atoms. The molecule has 0 unspecified atom stereocenters. The van der Waals surface area contributed by atoms with Gasteiger partial charge in [-0.25, -0.2) is 0 Å². The summed E-state index contributed by atoms with van der Waals surface area (Å²) in [5, 5.41) is 0. The summed E-state index contributed by atoms with van der Waals surface area (Å²) < 4.78 is 37.0. The molecule has 0 aromatic heterocycles. The van der Waals surface area contributed by atoms with E-state index >= 15 is 0 Å². The first-order valence-corrected chi connectivity index (χ1v) is 17.9. The van der Waals surface area contributed by atoms with Gasteiger partial charge in [-0.15, -0.1) is 0 Å². The van der Waals surface area contributed by atoms with Crippen molar-refractivity contribution in [3.63, 3.8) is 0 Å². The van der Waals surface area contributed by atoms with E-state index in [1.165, 1.54) is 107 Å². The fourth-order valence-corrected chi connectivity index (χ4v) is 5.33. The Morgan fingerprint density at radius 1 is 0.886 bits per heavy atom. The van der Waals surface area contributed by atoms with Crippen molar-refractivity contribution in [3.8, 4) is 0 Å². The number of allylic oxidation sites excluding steroid dienone is 9. The van der Waals surface area contributed by atoms with Gasteiger partial charge >= 0.3 is 45.9 Å². The zero-order chi connectivity index (χ0) is 32.6. The number of hydrogen-bond acceptors (Lipinski definition) is 4. The van der Waals surface area contributed by atoms with Gasteiger partial charge < -0.3 is 6.16 Å². The van der Waals surface area contributed by atoms with Gasteiger partial charge in [0.05, 0.1) is 0 Å². The summed E-state index contributed by atoms with van der Waals surface area (Å²) in [5.41, 5.74) is 5.65. The molecule has 0 aromatic carbocycles. The third-order valence-electron chi connectivity index (χ3n) is 7.91. The zero-order valence-electron chi connectivity index (χ0n) is 30.1. The number of ether oxygens (including phenoxy) is 1. The summed E-state index contributed by atoms with van der Waals surface area (Å²) in [4.78, 5) is 12.0. The number of rotatable bonds is 20. The third-order valence-corrected chi connectivity index (χ3v) is 7.91. The third kappa shape index (κ3) is 28.5. The fourth-order valence-electron chi connectivity index (χ4n) is 5.33. The molecule has 0 saturated heterocycles. The van der Waals surface area contributed by atoms with Crippen LogP contribution in [0.1, 0.15) is 152 Å². The topological polar surface area (TPSA) is 101 Å². The molecule has 8 heteroatoms. The molecule has 250 valence electrons. The van der Waals surface area contributed by atoms with Gasteiger partial charge in [-0.1, -0.05) is 145 Å². The van der Waals surface area contributed by atoms with E-state index in [9.17, 15) is 4.79 Å². The van der Waals surface area contributed by atoms with Crippen LogP contribution in [-0.4, -0.2) is 30.1 Å². The van der Waals surface area contributed by atoms with E-state index < -0.39 is 10.4 Å². The van der Waals surface area contributed by atoms with Gasteiger partial charge in [0.1, 0.15) is 6.61 Å². The maximum atomic E-state index is 12.0. The summed E-state index contributed by atoms with van der Waals surface area (Å²) in [5.74, 6) is -0.0720. The molecule has 0 saturated carbocycles. The number of carbonyl (C=O) groups excluding carboxylic acids is 1. The number of unbranched alkanes of at least 4 members (excludes halogenated alkanes) is 12.